The van der Waals surface area contributed by atoms with Crippen molar-refractivity contribution in [2.24, 2.45) is 0 Å². The van der Waals surface area contributed by atoms with Crippen molar-refractivity contribution in [3.63, 3.8) is 0 Å². The standard InChI is InChI=1S/C12H22O5Si/c1-5-6-7-9-12(13)17-10-8-11-18(14-2,15-3)16-4/h5-7,9H,8,10-11H2,1-4H3. The summed E-state index contributed by atoms with van der Waals surface area (Å²) in [6.07, 6.45) is 7.26. The lowest BCUT2D eigenvalue weighted by atomic mass is 10.4. The molecule has 0 aromatic carbocycles. The van der Waals surface area contributed by atoms with E-state index < -0.39 is 8.80 Å². The molecule has 0 aromatic rings. The van der Waals surface area contributed by atoms with E-state index in [4.69, 9.17) is 18.0 Å². The molecule has 104 valence electrons. The minimum Gasteiger partial charge on any atom is -0.463 e. The van der Waals surface area contributed by atoms with Gasteiger partial charge < -0.3 is 18.0 Å². The highest BCUT2D eigenvalue weighted by atomic mass is 28.4. The van der Waals surface area contributed by atoms with Gasteiger partial charge in [-0.15, -0.1) is 0 Å². The summed E-state index contributed by atoms with van der Waals surface area (Å²) < 4.78 is 20.8. The molecule has 0 radical (unpaired) electrons. The second-order valence-corrected chi connectivity index (χ2v) is 6.54. The zero-order valence-electron chi connectivity index (χ0n) is 11.5. The molecule has 0 fully saturated rings. The highest BCUT2D eigenvalue weighted by Gasteiger charge is 2.36. The third kappa shape index (κ3) is 6.70. The monoisotopic (exact) mass is 274 g/mol. The Hall–Kier alpha value is -0.953. The van der Waals surface area contributed by atoms with Crippen LogP contribution >= 0.6 is 0 Å². The molecule has 18 heavy (non-hydrogen) atoms. The maximum absolute atomic E-state index is 11.2. The third-order valence-electron chi connectivity index (χ3n) is 2.34. The van der Waals surface area contributed by atoms with Gasteiger partial charge in [0.1, 0.15) is 0 Å². The summed E-state index contributed by atoms with van der Waals surface area (Å²) in [7, 11) is 2.14. The smallest absolute Gasteiger partial charge is 0.463 e. The van der Waals surface area contributed by atoms with Crippen molar-refractivity contribution in [2.75, 3.05) is 27.9 Å². The van der Waals surface area contributed by atoms with Gasteiger partial charge in [0.15, 0.2) is 0 Å². The predicted octanol–water partition coefficient (Wildman–Crippen LogP) is 1.93. The number of hydrogen-bond donors (Lipinski definition) is 0. The first-order valence-electron chi connectivity index (χ1n) is 5.75. The third-order valence-corrected chi connectivity index (χ3v) is 5.17. The fourth-order valence-electron chi connectivity index (χ4n) is 1.31. The van der Waals surface area contributed by atoms with Crippen molar-refractivity contribution in [2.45, 2.75) is 19.4 Å². The summed E-state index contributed by atoms with van der Waals surface area (Å²) in [6.45, 7) is 2.20. The highest BCUT2D eigenvalue weighted by Crippen LogP contribution is 2.14. The first-order chi connectivity index (χ1) is 8.64. The average Bonchev–Trinajstić information content (AvgIpc) is 2.40. The topological polar surface area (TPSA) is 54.0 Å². The van der Waals surface area contributed by atoms with Crippen LogP contribution in [0.5, 0.6) is 0 Å². The molecule has 0 saturated heterocycles. The van der Waals surface area contributed by atoms with Crippen molar-refractivity contribution in [3.05, 3.63) is 24.3 Å². The maximum Gasteiger partial charge on any atom is 0.500 e. The van der Waals surface area contributed by atoms with E-state index in [1.54, 1.807) is 33.5 Å². The molecule has 0 N–H and O–H groups in total. The largest absolute Gasteiger partial charge is 0.500 e. The van der Waals surface area contributed by atoms with Gasteiger partial charge in [0.05, 0.1) is 6.61 Å². The summed E-state index contributed by atoms with van der Waals surface area (Å²) in [5, 5.41) is 0. The first-order valence-corrected chi connectivity index (χ1v) is 7.69. The highest BCUT2D eigenvalue weighted by molar-refractivity contribution is 6.60. The Kier molecular flexibility index (Phi) is 9.48. The molecule has 0 aliphatic rings. The molecule has 0 unspecified atom stereocenters. The molecule has 0 atom stereocenters. The lowest BCUT2D eigenvalue weighted by Gasteiger charge is -2.23. The molecular formula is C12H22O5Si. The molecule has 0 bridgehead atoms. The van der Waals surface area contributed by atoms with Crippen LogP contribution in [0.2, 0.25) is 6.04 Å². The second kappa shape index (κ2) is 10.0. The number of rotatable bonds is 9. The van der Waals surface area contributed by atoms with E-state index >= 15 is 0 Å². The predicted molar refractivity (Wildman–Crippen MR) is 71.1 cm³/mol. The Morgan fingerprint density at radius 3 is 2.22 bits per heavy atom. The van der Waals surface area contributed by atoms with Gasteiger partial charge in [-0.25, -0.2) is 4.79 Å². The van der Waals surface area contributed by atoms with Gasteiger partial charge in [-0.1, -0.05) is 18.2 Å². The van der Waals surface area contributed by atoms with Gasteiger partial charge in [-0.05, 0) is 13.3 Å². The zero-order valence-corrected chi connectivity index (χ0v) is 12.5. The maximum atomic E-state index is 11.2. The van der Waals surface area contributed by atoms with Gasteiger partial charge in [0, 0.05) is 33.4 Å². The molecule has 0 spiro atoms. The molecule has 0 rings (SSSR count). The average molecular weight is 274 g/mol. The molecule has 0 amide bonds. The van der Waals surface area contributed by atoms with Crippen molar-refractivity contribution < 1.29 is 22.8 Å². The Morgan fingerprint density at radius 1 is 1.11 bits per heavy atom. The lowest BCUT2D eigenvalue weighted by Crippen LogP contribution is -2.42. The van der Waals surface area contributed by atoms with Gasteiger partial charge >= 0.3 is 14.8 Å². The van der Waals surface area contributed by atoms with E-state index in [0.717, 1.165) is 0 Å². The van der Waals surface area contributed by atoms with Crippen LogP contribution in [0.3, 0.4) is 0 Å². The van der Waals surface area contributed by atoms with Gasteiger partial charge in [0.2, 0.25) is 0 Å². The number of carbonyl (C=O) groups excluding carboxylic acids is 1. The first kappa shape index (κ1) is 17.0. The Balaban J connectivity index is 3.88. The number of carbonyl (C=O) groups is 1. The van der Waals surface area contributed by atoms with Crippen LogP contribution in [-0.2, 0) is 22.8 Å². The fraction of sp³-hybridized carbons (Fsp3) is 0.583. The number of ether oxygens (including phenoxy) is 1. The molecule has 0 aromatic heterocycles. The van der Waals surface area contributed by atoms with E-state index in [2.05, 4.69) is 0 Å². The minimum absolute atomic E-state index is 0.323. The van der Waals surface area contributed by atoms with Gasteiger partial charge in [0.25, 0.3) is 0 Å². The second-order valence-electron chi connectivity index (χ2n) is 3.45. The Bertz CT molecular complexity index is 276. The molecule has 5 nitrogen and oxygen atoms in total. The molecular weight excluding hydrogens is 252 g/mol. The van der Waals surface area contributed by atoms with E-state index in [1.807, 2.05) is 13.0 Å². The summed E-state index contributed by atoms with van der Waals surface area (Å²) in [5.41, 5.74) is 0. The number of esters is 1. The van der Waals surface area contributed by atoms with E-state index in [9.17, 15) is 4.79 Å². The summed E-state index contributed by atoms with van der Waals surface area (Å²) in [6, 6.07) is 0.613. The summed E-state index contributed by atoms with van der Waals surface area (Å²) >= 11 is 0. The fourth-order valence-corrected chi connectivity index (χ4v) is 3.00. The van der Waals surface area contributed by atoms with Crippen LogP contribution < -0.4 is 0 Å². The molecule has 0 heterocycles. The SMILES string of the molecule is CC=CC=CC(=O)OCCC[Si](OC)(OC)OC. The molecule has 0 aliphatic carbocycles. The summed E-state index contributed by atoms with van der Waals surface area (Å²) in [5.74, 6) is -0.354. The van der Waals surface area contributed by atoms with Crippen molar-refractivity contribution >= 4 is 14.8 Å². The van der Waals surface area contributed by atoms with Crippen LogP contribution in [0.25, 0.3) is 0 Å². The number of allylic oxidation sites excluding steroid dienone is 3. The molecule has 6 heteroatoms. The quantitative estimate of drug-likeness (QED) is 0.211. The normalized spacial score (nSPS) is 12.4. The Morgan fingerprint density at radius 2 is 1.72 bits per heavy atom. The van der Waals surface area contributed by atoms with Crippen LogP contribution in [0, 0.1) is 0 Å². The number of hydrogen-bond acceptors (Lipinski definition) is 5. The van der Waals surface area contributed by atoms with Crippen molar-refractivity contribution in [3.8, 4) is 0 Å². The van der Waals surface area contributed by atoms with Crippen LogP contribution in [-0.4, -0.2) is 42.7 Å². The zero-order chi connectivity index (χ0) is 13.9. The van der Waals surface area contributed by atoms with Gasteiger partial charge in [-0.2, -0.15) is 0 Å². The summed E-state index contributed by atoms with van der Waals surface area (Å²) in [4.78, 5) is 11.2. The lowest BCUT2D eigenvalue weighted by molar-refractivity contribution is -0.137. The minimum atomic E-state index is -2.54. The van der Waals surface area contributed by atoms with E-state index in [-0.39, 0.29) is 5.97 Å². The molecule has 0 saturated carbocycles. The van der Waals surface area contributed by atoms with Crippen LogP contribution in [0.4, 0.5) is 0 Å². The van der Waals surface area contributed by atoms with Crippen molar-refractivity contribution in [1.29, 1.82) is 0 Å². The molecule has 0 aliphatic heterocycles. The Labute approximate surface area is 110 Å². The van der Waals surface area contributed by atoms with Gasteiger partial charge in [-0.3, -0.25) is 0 Å². The van der Waals surface area contributed by atoms with E-state index in [0.29, 0.717) is 19.1 Å². The van der Waals surface area contributed by atoms with Crippen molar-refractivity contribution in [1.82, 2.24) is 0 Å². The van der Waals surface area contributed by atoms with E-state index in [1.165, 1.54) is 6.08 Å². The van der Waals surface area contributed by atoms with Crippen LogP contribution in [0.15, 0.2) is 24.3 Å². The van der Waals surface area contributed by atoms with Crippen LogP contribution in [0.1, 0.15) is 13.3 Å².